The average molecular weight is 423 g/mol. The number of hydrogen-bond acceptors (Lipinski definition) is 1. The van der Waals surface area contributed by atoms with Crippen LogP contribution in [0.3, 0.4) is 0 Å². The lowest BCUT2D eigenvalue weighted by molar-refractivity contribution is -0.137. The van der Waals surface area contributed by atoms with Crippen molar-refractivity contribution in [2.24, 2.45) is 0 Å². The van der Waals surface area contributed by atoms with Crippen LogP contribution < -0.4 is 15.6 Å². The Morgan fingerprint density at radius 3 is 1.73 bits per heavy atom. The monoisotopic (exact) mass is 423 g/mol. The van der Waals surface area contributed by atoms with E-state index in [0.29, 0.717) is 21.6 Å². The Balaban J connectivity index is 2.08. The van der Waals surface area contributed by atoms with E-state index in [4.69, 9.17) is 0 Å². The fourth-order valence-corrected chi connectivity index (χ4v) is 6.76. The van der Waals surface area contributed by atoms with Crippen molar-refractivity contribution in [2.75, 3.05) is 0 Å². The minimum absolute atomic E-state index is 0.0356. The van der Waals surface area contributed by atoms with Crippen molar-refractivity contribution in [1.29, 1.82) is 0 Å². The van der Waals surface area contributed by atoms with Crippen molar-refractivity contribution in [3.63, 3.8) is 0 Å². The minimum Gasteiger partial charge on any atom is -0.296 e. The zero-order valence-corrected chi connectivity index (χ0v) is 16.8. The lowest BCUT2D eigenvalue weighted by Gasteiger charge is -2.27. The van der Waals surface area contributed by atoms with Crippen LogP contribution in [0.25, 0.3) is 11.3 Å². The standard InChI is InChI=1S/C24H17F4NSi/c25-24(26,27)18-14-15-21(22-13-7-8-16-29-22)23(17-18)30(28,19-9-3-1-4-10-19)20-11-5-2-6-12-20/h1-17H. The molecule has 30 heavy (non-hydrogen) atoms. The summed E-state index contributed by atoms with van der Waals surface area (Å²) >= 11 is 0. The van der Waals surface area contributed by atoms with E-state index >= 15 is 4.11 Å². The Morgan fingerprint density at radius 2 is 1.23 bits per heavy atom. The Hall–Kier alpha value is -3.25. The van der Waals surface area contributed by atoms with Crippen LogP contribution in [0, 0.1) is 0 Å². The minimum atomic E-state index is -4.58. The number of hydrogen-bond donors (Lipinski definition) is 0. The quantitative estimate of drug-likeness (QED) is 0.201. The maximum absolute atomic E-state index is 17.2. The second-order valence-corrected chi connectivity index (χ2v) is 9.87. The van der Waals surface area contributed by atoms with Gasteiger partial charge in [-0.05, 0) is 39.8 Å². The van der Waals surface area contributed by atoms with Crippen molar-refractivity contribution >= 4 is 24.0 Å². The van der Waals surface area contributed by atoms with Crippen LogP contribution >= 0.6 is 0 Å². The third-order valence-corrected chi connectivity index (χ3v) is 8.42. The van der Waals surface area contributed by atoms with E-state index in [9.17, 15) is 13.2 Å². The molecule has 0 spiro atoms. The van der Waals surface area contributed by atoms with Gasteiger partial charge in [0.15, 0.2) is 0 Å². The third-order valence-electron chi connectivity index (χ3n) is 5.00. The van der Waals surface area contributed by atoms with Crippen molar-refractivity contribution in [1.82, 2.24) is 4.98 Å². The molecule has 0 unspecified atom stereocenters. The van der Waals surface area contributed by atoms with Crippen molar-refractivity contribution in [2.45, 2.75) is 6.18 Å². The van der Waals surface area contributed by atoms with Gasteiger partial charge in [0, 0.05) is 11.8 Å². The molecule has 0 aliphatic heterocycles. The van der Waals surface area contributed by atoms with Gasteiger partial charge in [-0.25, -0.2) is 0 Å². The van der Waals surface area contributed by atoms with Gasteiger partial charge < -0.3 is 0 Å². The largest absolute Gasteiger partial charge is 0.416 e. The molecule has 0 radical (unpaired) electrons. The Kier molecular flexibility index (Phi) is 5.26. The van der Waals surface area contributed by atoms with Crippen LogP contribution in [-0.4, -0.2) is 13.4 Å². The van der Waals surface area contributed by atoms with Gasteiger partial charge in [0.2, 0.25) is 0 Å². The van der Waals surface area contributed by atoms with Crippen LogP contribution in [0.5, 0.6) is 0 Å². The van der Waals surface area contributed by atoms with Crippen LogP contribution in [-0.2, 0) is 6.18 Å². The highest BCUT2D eigenvalue weighted by molar-refractivity contribution is 7.07. The molecular weight excluding hydrogens is 406 g/mol. The third kappa shape index (κ3) is 3.66. The number of aromatic nitrogens is 1. The van der Waals surface area contributed by atoms with Gasteiger partial charge in [0.05, 0.1) is 11.3 Å². The Bertz CT molecular complexity index is 1090. The molecule has 3 aromatic carbocycles. The number of nitrogens with zero attached hydrogens (tertiary/aromatic N) is 1. The highest BCUT2D eigenvalue weighted by atomic mass is 28.4. The molecule has 0 amide bonds. The second kappa shape index (κ2) is 7.87. The number of pyridine rings is 1. The van der Waals surface area contributed by atoms with Gasteiger partial charge in [-0.3, -0.25) is 9.09 Å². The first-order valence-electron chi connectivity index (χ1n) is 9.34. The normalized spacial score (nSPS) is 12.0. The molecule has 0 bridgehead atoms. The molecule has 1 aromatic heterocycles. The average Bonchev–Trinajstić information content (AvgIpc) is 2.79. The van der Waals surface area contributed by atoms with Crippen molar-refractivity contribution < 1.29 is 17.3 Å². The first kappa shape index (κ1) is 20.0. The van der Waals surface area contributed by atoms with Crippen LogP contribution in [0.2, 0.25) is 0 Å². The van der Waals surface area contributed by atoms with E-state index in [1.54, 1.807) is 85.1 Å². The molecule has 1 nitrogen and oxygen atoms in total. The number of rotatable bonds is 4. The van der Waals surface area contributed by atoms with E-state index in [-0.39, 0.29) is 5.19 Å². The van der Waals surface area contributed by atoms with Gasteiger partial charge in [-0.1, -0.05) is 72.8 Å². The summed E-state index contributed by atoms with van der Waals surface area (Å²) in [7, 11) is -4.26. The topological polar surface area (TPSA) is 12.9 Å². The fraction of sp³-hybridized carbons (Fsp3) is 0.0417. The summed E-state index contributed by atoms with van der Waals surface area (Å²) in [6.45, 7) is 0. The van der Waals surface area contributed by atoms with Gasteiger partial charge in [-0.2, -0.15) is 13.2 Å². The molecule has 0 fully saturated rings. The van der Waals surface area contributed by atoms with Crippen LogP contribution in [0.1, 0.15) is 5.56 Å². The van der Waals surface area contributed by atoms with E-state index in [0.717, 1.165) is 12.1 Å². The summed E-state index contributed by atoms with van der Waals surface area (Å²) in [6, 6.07) is 25.3. The van der Waals surface area contributed by atoms with Gasteiger partial charge >= 0.3 is 14.6 Å². The molecule has 0 saturated heterocycles. The SMILES string of the molecule is FC(F)(F)c1ccc(-c2ccccn2)c([Si](F)(c2ccccc2)c2ccccc2)c1. The number of halogens is 4. The Labute approximate surface area is 172 Å². The maximum atomic E-state index is 17.2. The van der Waals surface area contributed by atoms with Gasteiger partial charge in [-0.15, -0.1) is 0 Å². The Morgan fingerprint density at radius 1 is 0.667 bits per heavy atom. The molecule has 4 rings (SSSR count). The lowest BCUT2D eigenvalue weighted by Crippen LogP contribution is -2.64. The molecule has 0 aliphatic carbocycles. The molecule has 150 valence electrons. The summed E-state index contributed by atoms with van der Waals surface area (Å²) in [4.78, 5) is 4.28. The van der Waals surface area contributed by atoms with Gasteiger partial charge in [0.1, 0.15) is 0 Å². The molecular formula is C24H17F4NSi. The first-order valence-corrected chi connectivity index (χ1v) is 11.2. The first-order chi connectivity index (χ1) is 14.4. The smallest absolute Gasteiger partial charge is 0.296 e. The lowest BCUT2D eigenvalue weighted by atomic mass is 10.1. The molecule has 1 heterocycles. The highest BCUT2D eigenvalue weighted by Gasteiger charge is 2.44. The molecule has 0 saturated carbocycles. The van der Waals surface area contributed by atoms with E-state index in [1.807, 2.05) is 0 Å². The van der Waals surface area contributed by atoms with Gasteiger partial charge in [0.25, 0.3) is 0 Å². The van der Waals surface area contributed by atoms with E-state index in [1.165, 1.54) is 6.07 Å². The second-order valence-electron chi connectivity index (χ2n) is 6.86. The van der Waals surface area contributed by atoms with Crippen LogP contribution in [0.15, 0.2) is 103 Å². The summed E-state index contributed by atoms with van der Waals surface area (Å²) in [6.07, 6.45) is -3.04. The summed E-state index contributed by atoms with van der Waals surface area (Å²) in [5.74, 6) is 0. The summed E-state index contributed by atoms with van der Waals surface area (Å²) in [5.41, 5.74) is -0.0772. The molecule has 0 N–H and O–H groups in total. The molecule has 4 aromatic rings. The van der Waals surface area contributed by atoms with Crippen molar-refractivity contribution in [3.05, 3.63) is 109 Å². The summed E-state index contributed by atoms with van der Waals surface area (Å²) < 4.78 is 58.0. The van der Waals surface area contributed by atoms with Crippen molar-refractivity contribution in [3.8, 4) is 11.3 Å². The predicted octanol–water partition coefficient (Wildman–Crippen LogP) is 4.70. The van der Waals surface area contributed by atoms with E-state index < -0.39 is 20.1 Å². The summed E-state index contributed by atoms with van der Waals surface area (Å²) in [5, 5.41) is 0.800. The predicted molar refractivity (Wildman–Crippen MR) is 113 cm³/mol. The zero-order valence-electron chi connectivity index (χ0n) is 15.8. The fourth-order valence-electron chi connectivity index (χ4n) is 3.56. The van der Waals surface area contributed by atoms with E-state index in [2.05, 4.69) is 4.98 Å². The number of benzene rings is 3. The maximum Gasteiger partial charge on any atom is 0.416 e. The highest BCUT2D eigenvalue weighted by Crippen LogP contribution is 2.31. The zero-order chi connectivity index (χ0) is 21.2. The number of alkyl halides is 3. The molecule has 6 heteroatoms. The molecule has 0 aliphatic rings. The van der Waals surface area contributed by atoms with Crippen LogP contribution in [0.4, 0.5) is 17.3 Å². The molecule has 0 atom stereocenters.